The molecule has 0 aromatic rings. The van der Waals surface area contributed by atoms with Crippen molar-refractivity contribution in [1.29, 1.82) is 0 Å². The molecule has 0 amide bonds. The molecule has 0 rings (SSSR count). The predicted molar refractivity (Wildman–Crippen MR) is 48.4 cm³/mol. The van der Waals surface area contributed by atoms with Gasteiger partial charge in [-0.15, -0.1) is 0 Å². The molecule has 0 aromatic carbocycles. The summed E-state index contributed by atoms with van der Waals surface area (Å²) in [6.45, 7) is 5.90. The first-order chi connectivity index (χ1) is 5.20. The third-order valence-corrected chi connectivity index (χ3v) is 1.48. The fraction of sp³-hybridized carbons (Fsp3) is 0.600. The lowest BCUT2D eigenvalue weighted by atomic mass is 10.2. The minimum absolute atomic E-state index is 0.565. The molecule has 0 radical (unpaired) electrons. The van der Waals surface area contributed by atoms with Crippen molar-refractivity contribution in [2.75, 3.05) is 0 Å². The van der Waals surface area contributed by atoms with Crippen LogP contribution in [0.2, 0.25) is 0 Å². The van der Waals surface area contributed by atoms with Crippen molar-refractivity contribution in [3.63, 3.8) is 0 Å². The molecule has 1 atom stereocenters. The molecule has 0 aliphatic carbocycles. The van der Waals surface area contributed by atoms with E-state index in [0.717, 1.165) is 12.0 Å². The maximum atomic E-state index is 12.6. The second-order valence-electron chi connectivity index (χ2n) is 2.64. The van der Waals surface area contributed by atoms with Crippen LogP contribution >= 0.6 is 0 Å². The Hall–Kier alpha value is -0.590. The standard InChI is InChI=1S/C10H17F/c1-4-6-9(3)7-8-10(11)5-2/h6-8,10H,4-5H2,1-3H3/b8-7-,9-6-. The molecule has 0 bridgehead atoms. The van der Waals surface area contributed by atoms with Gasteiger partial charge in [0.15, 0.2) is 0 Å². The second-order valence-corrected chi connectivity index (χ2v) is 2.64. The molecule has 1 unspecified atom stereocenters. The van der Waals surface area contributed by atoms with Gasteiger partial charge >= 0.3 is 0 Å². The highest BCUT2D eigenvalue weighted by Gasteiger charge is 1.93. The maximum absolute atomic E-state index is 12.6. The highest BCUT2D eigenvalue weighted by Crippen LogP contribution is 2.02. The first kappa shape index (κ1) is 10.4. The molecular formula is C10H17F. The van der Waals surface area contributed by atoms with Crippen molar-refractivity contribution in [2.24, 2.45) is 0 Å². The van der Waals surface area contributed by atoms with Crippen LogP contribution in [0.1, 0.15) is 33.6 Å². The van der Waals surface area contributed by atoms with Crippen LogP contribution in [0.25, 0.3) is 0 Å². The number of alkyl halides is 1. The van der Waals surface area contributed by atoms with E-state index in [1.807, 2.05) is 19.9 Å². The van der Waals surface area contributed by atoms with Gasteiger partial charge in [-0.25, -0.2) is 4.39 Å². The summed E-state index contributed by atoms with van der Waals surface area (Å²) in [5.74, 6) is 0. The zero-order valence-electron chi connectivity index (χ0n) is 7.60. The van der Waals surface area contributed by atoms with Crippen molar-refractivity contribution in [3.8, 4) is 0 Å². The first-order valence-corrected chi connectivity index (χ1v) is 4.19. The average molecular weight is 156 g/mol. The summed E-state index contributed by atoms with van der Waals surface area (Å²) in [6, 6.07) is 0. The van der Waals surface area contributed by atoms with Gasteiger partial charge in [0.1, 0.15) is 6.17 Å². The van der Waals surface area contributed by atoms with Crippen LogP contribution in [0.15, 0.2) is 23.8 Å². The Bertz CT molecular complexity index is 145. The molecule has 0 N–H and O–H groups in total. The molecule has 0 spiro atoms. The summed E-state index contributed by atoms with van der Waals surface area (Å²) in [5, 5.41) is 0. The van der Waals surface area contributed by atoms with Crippen molar-refractivity contribution in [3.05, 3.63) is 23.8 Å². The smallest absolute Gasteiger partial charge is 0.118 e. The molecule has 0 fully saturated rings. The van der Waals surface area contributed by atoms with Crippen LogP contribution in [-0.2, 0) is 0 Å². The minimum atomic E-state index is -0.782. The van der Waals surface area contributed by atoms with E-state index in [4.69, 9.17) is 0 Å². The van der Waals surface area contributed by atoms with Gasteiger partial charge in [0, 0.05) is 0 Å². The van der Waals surface area contributed by atoms with Crippen LogP contribution in [0.4, 0.5) is 4.39 Å². The van der Waals surface area contributed by atoms with E-state index in [2.05, 4.69) is 13.0 Å². The SMILES string of the molecule is CC/C=C(C)\C=C/C(F)CC. The molecule has 0 heterocycles. The van der Waals surface area contributed by atoms with Crippen molar-refractivity contribution in [1.82, 2.24) is 0 Å². The third-order valence-electron chi connectivity index (χ3n) is 1.48. The third kappa shape index (κ3) is 5.84. The molecule has 0 saturated carbocycles. The Labute approximate surface area is 68.8 Å². The number of rotatable bonds is 4. The van der Waals surface area contributed by atoms with Crippen LogP contribution in [0.3, 0.4) is 0 Å². The van der Waals surface area contributed by atoms with Crippen LogP contribution in [0, 0.1) is 0 Å². The van der Waals surface area contributed by atoms with Gasteiger partial charge in [0.05, 0.1) is 0 Å². The number of allylic oxidation sites excluding steroid dienone is 4. The highest BCUT2D eigenvalue weighted by atomic mass is 19.1. The van der Waals surface area contributed by atoms with Gasteiger partial charge < -0.3 is 0 Å². The van der Waals surface area contributed by atoms with Crippen molar-refractivity contribution < 1.29 is 4.39 Å². The lowest BCUT2D eigenvalue weighted by Crippen LogP contribution is -1.89. The van der Waals surface area contributed by atoms with E-state index < -0.39 is 6.17 Å². The summed E-state index contributed by atoms with van der Waals surface area (Å²) in [6.07, 6.45) is 6.34. The quantitative estimate of drug-likeness (QED) is 0.545. The monoisotopic (exact) mass is 156 g/mol. The summed E-state index contributed by atoms with van der Waals surface area (Å²) >= 11 is 0. The van der Waals surface area contributed by atoms with Gasteiger partial charge in [-0.05, 0) is 19.8 Å². The minimum Gasteiger partial charge on any atom is -0.243 e. The topological polar surface area (TPSA) is 0 Å². The van der Waals surface area contributed by atoms with Gasteiger partial charge in [-0.2, -0.15) is 0 Å². The van der Waals surface area contributed by atoms with Gasteiger partial charge in [0.2, 0.25) is 0 Å². The summed E-state index contributed by atoms with van der Waals surface area (Å²) in [5.41, 5.74) is 1.14. The Morgan fingerprint density at radius 3 is 2.55 bits per heavy atom. The van der Waals surface area contributed by atoms with Gasteiger partial charge in [-0.3, -0.25) is 0 Å². The Kier molecular flexibility index (Phi) is 5.81. The second kappa shape index (κ2) is 6.14. The zero-order valence-corrected chi connectivity index (χ0v) is 7.60. The number of hydrogen-bond acceptors (Lipinski definition) is 0. The van der Waals surface area contributed by atoms with Crippen LogP contribution in [-0.4, -0.2) is 6.17 Å². The Morgan fingerprint density at radius 1 is 1.45 bits per heavy atom. The van der Waals surface area contributed by atoms with E-state index in [0.29, 0.717) is 6.42 Å². The van der Waals surface area contributed by atoms with Crippen LogP contribution < -0.4 is 0 Å². The predicted octanol–water partition coefficient (Wildman–Crippen LogP) is 3.65. The molecular weight excluding hydrogens is 139 g/mol. The van der Waals surface area contributed by atoms with E-state index in [9.17, 15) is 4.39 Å². The molecule has 11 heavy (non-hydrogen) atoms. The Balaban J connectivity index is 3.81. The van der Waals surface area contributed by atoms with E-state index in [1.165, 1.54) is 0 Å². The maximum Gasteiger partial charge on any atom is 0.118 e. The van der Waals surface area contributed by atoms with Crippen molar-refractivity contribution >= 4 is 0 Å². The lowest BCUT2D eigenvalue weighted by Gasteiger charge is -1.95. The highest BCUT2D eigenvalue weighted by molar-refractivity contribution is 5.16. The average Bonchev–Trinajstić information content (AvgIpc) is 2.01. The molecule has 0 aromatic heterocycles. The number of halogens is 1. The molecule has 0 aliphatic heterocycles. The van der Waals surface area contributed by atoms with E-state index in [1.54, 1.807) is 6.08 Å². The molecule has 64 valence electrons. The van der Waals surface area contributed by atoms with Gasteiger partial charge in [-0.1, -0.05) is 37.6 Å². The van der Waals surface area contributed by atoms with E-state index >= 15 is 0 Å². The zero-order chi connectivity index (χ0) is 8.69. The molecule has 0 nitrogen and oxygen atoms in total. The number of hydrogen-bond donors (Lipinski definition) is 0. The first-order valence-electron chi connectivity index (χ1n) is 4.19. The largest absolute Gasteiger partial charge is 0.243 e. The van der Waals surface area contributed by atoms with Crippen molar-refractivity contribution in [2.45, 2.75) is 39.8 Å². The molecule has 0 saturated heterocycles. The summed E-state index contributed by atoms with van der Waals surface area (Å²) in [7, 11) is 0. The summed E-state index contributed by atoms with van der Waals surface area (Å²) in [4.78, 5) is 0. The fourth-order valence-electron chi connectivity index (χ4n) is 0.782. The summed E-state index contributed by atoms with van der Waals surface area (Å²) < 4.78 is 12.6. The van der Waals surface area contributed by atoms with Crippen LogP contribution in [0.5, 0.6) is 0 Å². The lowest BCUT2D eigenvalue weighted by molar-refractivity contribution is 0.390. The normalized spacial score (nSPS) is 15.8. The molecule has 1 heteroatoms. The van der Waals surface area contributed by atoms with E-state index in [-0.39, 0.29) is 0 Å². The molecule has 0 aliphatic rings. The Morgan fingerprint density at radius 2 is 2.09 bits per heavy atom. The fourth-order valence-corrected chi connectivity index (χ4v) is 0.782. The van der Waals surface area contributed by atoms with Gasteiger partial charge in [0.25, 0.3) is 0 Å².